The van der Waals surface area contributed by atoms with Crippen molar-refractivity contribution in [3.05, 3.63) is 29.8 Å². The first kappa shape index (κ1) is 12.0. The predicted molar refractivity (Wildman–Crippen MR) is 73.4 cm³/mol. The van der Waals surface area contributed by atoms with Gasteiger partial charge in [0, 0.05) is 18.8 Å². The first-order valence-electron chi connectivity index (χ1n) is 6.49. The molecular weight excluding hydrogens is 210 g/mol. The molecule has 3 heteroatoms. The second-order valence-electron chi connectivity index (χ2n) is 4.36. The molecule has 0 fully saturated rings. The number of para-hydroxylation sites is 1. The summed E-state index contributed by atoms with van der Waals surface area (Å²) < 4.78 is 0. The van der Waals surface area contributed by atoms with Gasteiger partial charge in [-0.1, -0.05) is 31.5 Å². The van der Waals surface area contributed by atoms with Crippen LogP contribution in [0, 0.1) is 0 Å². The van der Waals surface area contributed by atoms with Crippen LogP contribution in [0.3, 0.4) is 0 Å². The smallest absolute Gasteiger partial charge is 0.198 e. The second-order valence-corrected chi connectivity index (χ2v) is 4.36. The fourth-order valence-electron chi connectivity index (χ4n) is 2.04. The van der Waals surface area contributed by atoms with Gasteiger partial charge in [0.05, 0.1) is 6.54 Å². The number of anilines is 1. The number of benzene rings is 1. The molecule has 1 aliphatic heterocycles. The van der Waals surface area contributed by atoms with Crippen LogP contribution in [0.5, 0.6) is 0 Å². The summed E-state index contributed by atoms with van der Waals surface area (Å²) in [6.45, 7) is 7.29. The highest BCUT2D eigenvalue weighted by molar-refractivity contribution is 5.95. The molecule has 0 aliphatic carbocycles. The van der Waals surface area contributed by atoms with Gasteiger partial charge in [-0.05, 0) is 25.0 Å². The number of aliphatic imine (C=N–C) groups is 1. The van der Waals surface area contributed by atoms with Gasteiger partial charge in [-0.15, -0.1) is 0 Å². The maximum Gasteiger partial charge on any atom is 0.198 e. The van der Waals surface area contributed by atoms with E-state index in [0.717, 1.165) is 25.6 Å². The Hall–Kier alpha value is -1.51. The highest BCUT2D eigenvalue weighted by Crippen LogP contribution is 2.20. The topological polar surface area (TPSA) is 27.6 Å². The number of hydrogen-bond donors (Lipinski definition) is 1. The molecule has 0 spiro atoms. The van der Waals surface area contributed by atoms with Crippen LogP contribution < -0.4 is 5.32 Å². The van der Waals surface area contributed by atoms with E-state index >= 15 is 0 Å². The van der Waals surface area contributed by atoms with E-state index in [2.05, 4.69) is 53.3 Å². The molecule has 17 heavy (non-hydrogen) atoms. The molecule has 0 bridgehead atoms. The van der Waals surface area contributed by atoms with E-state index in [0.29, 0.717) is 0 Å². The van der Waals surface area contributed by atoms with E-state index in [1.54, 1.807) is 0 Å². The zero-order chi connectivity index (χ0) is 12.1. The van der Waals surface area contributed by atoms with Gasteiger partial charge in [0.15, 0.2) is 5.96 Å². The SMILES string of the molecule is CCCCN(CC)C1=NCc2ccccc2N1. The van der Waals surface area contributed by atoms with Crippen molar-refractivity contribution in [2.45, 2.75) is 33.2 Å². The molecule has 0 aromatic heterocycles. The second kappa shape index (κ2) is 5.71. The van der Waals surface area contributed by atoms with Crippen molar-refractivity contribution in [2.24, 2.45) is 4.99 Å². The Morgan fingerprint density at radius 3 is 2.88 bits per heavy atom. The standard InChI is InChI=1S/C14H21N3/c1-3-5-10-17(4-2)14-15-11-12-8-6-7-9-13(12)16-14/h6-9H,3-5,10-11H2,1-2H3,(H,15,16). The molecule has 1 aliphatic rings. The zero-order valence-corrected chi connectivity index (χ0v) is 10.7. The van der Waals surface area contributed by atoms with Gasteiger partial charge in [-0.2, -0.15) is 0 Å². The fraction of sp³-hybridized carbons (Fsp3) is 0.500. The van der Waals surface area contributed by atoms with Crippen molar-refractivity contribution in [1.29, 1.82) is 0 Å². The number of nitrogens with one attached hydrogen (secondary N) is 1. The molecule has 3 nitrogen and oxygen atoms in total. The van der Waals surface area contributed by atoms with Crippen molar-refractivity contribution in [1.82, 2.24) is 4.90 Å². The average Bonchev–Trinajstić information content (AvgIpc) is 2.39. The highest BCUT2D eigenvalue weighted by atomic mass is 15.3. The lowest BCUT2D eigenvalue weighted by molar-refractivity contribution is 0.424. The molecule has 92 valence electrons. The van der Waals surface area contributed by atoms with E-state index in [1.165, 1.54) is 24.1 Å². The minimum Gasteiger partial charge on any atom is -0.343 e. The lowest BCUT2D eigenvalue weighted by Gasteiger charge is -2.28. The molecule has 0 atom stereocenters. The van der Waals surface area contributed by atoms with Crippen LogP contribution in [0.1, 0.15) is 32.3 Å². The predicted octanol–water partition coefficient (Wildman–Crippen LogP) is 3.09. The summed E-state index contributed by atoms with van der Waals surface area (Å²) in [7, 11) is 0. The maximum atomic E-state index is 4.63. The molecule has 1 heterocycles. The lowest BCUT2D eigenvalue weighted by Crippen LogP contribution is -2.38. The average molecular weight is 231 g/mol. The summed E-state index contributed by atoms with van der Waals surface area (Å²) in [5.41, 5.74) is 2.48. The Labute approximate surface area is 104 Å². The number of nitrogens with zero attached hydrogens (tertiary/aromatic N) is 2. The molecule has 1 aromatic rings. The fourth-order valence-corrected chi connectivity index (χ4v) is 2.04. The van der Waals surface area contributed by atoms with Crippen LogP contribution in [0.15, 0.2) is 29.3 Å². The molecule has 0 radical (unpaired) electrons. The lowest BCUT2D eigenvalue weighted by atomic mass is 10.1. The first-order chi connectivity index (χ1) is 8.35. The van der Waals surface area contributed by atoms with Crippen molar-refractivity contribution < 1.29 is 0 Å². The van der Waals surface area contributed by atoms with E-state index in [-0.39, 0.29) is 0 Å². The molecule has 1 N–H and O–H groups in total. The van der Waals surface area contributed by atoms with Crippen LogP contribution in [-0.2, 0) is 6.54 Å². The van der Waals surface area contributed by atoms with Crippen LogP contribution in [-0.4, -0.2) is 23.9 Å². The third-order valence-electron chi connectivity index (χ3n) is 3.13. The van der Waals surface area contributed by atoms with Gasteiger partial charge in [0.25, 0.3) is 0 Å². The van der Waals surface area contributed by atoms with E-state index in [4.69, 9.17) is 0 Å². The third kappa shape index (κ3) is 2.78. The molecule has 0 saturated heterocycles. The van der Waals surface area contributed by atoms with E-state index in [9.17, 15) is 0 Å². The van der Waals surface area contributed by atoms with Gasteiger partial charge in [0.2, 0.25) is 0 Å². The van der Waals surface area contributed by atoms with Gasteiger partial charge < -0.3 is 10.2 Å². The van der Waals surface area contributed by atoms with Gasteiger partial charge >= 0.3 is 0 Å². The number of guanidine groups is 1. The summed E-state index contributed by atoms with van der Waals surface area (Å²) >= 11 is 0. The minimum absolute atomic E-state index is 0.793. The van der Waals surface area contributed by atoms with Crippen molar-refractivity contribution in [2.75, 3.05) is 18.4 Å². The van der Waals surface area contributed by atoms with E-state index in [1.807, 2.05) is 0 Å². The van der Waals surface area contributed by atoms with Crippen molar-refractivity contribution in [3.63, 3.8) is 0 Å². The summed E-state index contributed by atoms with van der Waals surface area (Å²) in [6.07, 6.45) is 2.44. The van der Waals surface area contributed by atoms with Crippen LogP contribution in [0.4, 0.5) is 5.69 Å². The summed E-state index contributed by atoms with van der Waals surface area (Å²) in [6, 6.07) is 8.38. The summed E-state index contributed by atoms with van der Waals surface area (Å²) in [4.78, 5) is 6.95. The van der Waals surface area contributed by atoms with Crippen LogP contribution in [0.25, 0.3) is 0 Å². The number of rotatable bonds is 4. The number of fused-ring (bicyclic) bond motifs is 1. The summed E-state index contributed by atoms with van der Waals surface area (Å²) in [5, 5.41) is 3.43. The molecule has 0 amide bonds. The zero-order valence-electron chi connectivity index (χ0n) is 10.7. The molecule has 0 unspecified atom stereocenters. The van der Waals surface area contributed by atoms with Crippen molar-refractivity contribution in [3.8, 4) is 0 Å². The molecular formula is C14H21N3. The highest BCUT2D eigenvalue weighted by Gasteiger charge is 2.15. The Bertz CT molecular complexity index is 398. The third-order valence-corrected chi connectivity index (χ3v) is 3.13. The monoisotopic (exact) mass is 231 g/mol. The molecule has 2 rings (SSSR count). The number of unbranched alkanes of at least 4 members (excludes halogenated alkanes) is 1. The normalized spacial score (nSPS) is 13.6. The minimum atomic E-state index is 0.793. The van der Waals surface area contributed by atoms with Gasteiger partial charge in [-0.3, -0.25) is 0 Å². The summed E-state index contributed by atoms with van der Waals surface area (Å²) in [5.74, 6) is 1.03. The van der Waals surface area contributed by atoms with Crippen LogP contribution in [0.2, 0.25) is 0 Å². The number of hydrogen-bond acceptors (Lipinski definition) is 3. The van der Waals surface area contributed by atoms with Gasteiger partial charge in [-0.25, -0.2) is 4.99 Å². The molecule has 0 saturated carbocycles. The Kier molecular flexibility index (Phi) is 4.02. The van der Waals surface area contributed by atoms with E-state index < -0.39 is 0 Å². The Morgan fingerprint density at radius 1 is 1.29 bits per heavy atom. The van der Waals surface area contributed by atoms with Gasteiger partial charge in [0.1, 0.15) is 0 Å². The molecule has 1 aromatic carbocycles. The van der Waals surface area contributed by atoms with Crippen molar-refractivity contribution >= 4 is 11.6 Å². The Balaban J connectivity index is 2.06. The first-order valence-corrected chi connectivity index (χ1v) is 6.49. The quantitative estimate of drug-likeness (QED) is 0.862. The van der Waals surface area contributed by atoms with Crippen LogP contribution >= 0.6 is 0 Å². The largest absolute Gasteiger partial charge is 0.343 e. The maximum absolute atomic E-state index is 4.63. The Morgan fingerprint density at radius 2 is 2.12 bits per heavy atom.